The molecule has 0 unspecified atom stereocenters. The molecule has 0 fully saturated rings. The van der Waals surface area contributed by atoms with Crippen molar-refractivity contribution < 1.29 is 53.7 Å². The first kappa shape index (κ1) is 26.5. The van der Waals surface area contributed by atoms with Gasteiger partial charge in [0.25, 0.3) is 0 Å². The zero-order chi connectivity index (χ0) is 25.0. The fourth-order valence-electron chi connectivity index (χ4n) is 2.58. The van der Waals surface area contributed by atoms with E-state index in [4.69, 9.17) is 16.3 Å². The van der Waals surface area contributed by atoms with E-state index in [-0.39, 0.29) is 18.9 Å². The molecule has 2 aromatic rings. The Hall–Kier alpha value is -2.76. The number of halogens is 10. The summed E-state index contributed by atoms with van der Waals surface area (Å²) < 4.78 is 134. The largest absolute Gasteiger partial charge is 0.491 e. The van der Waals surface area contributed by atoms with Crippen LogP contribution in [0, 0.1) is 11.6 Å². The molecule has 2 rings (SSSR count). The van der Waals surface area contributed by atoms with E-state index in [1.165, 1.54) is 6.92 Å². The molecule has 0 aliphatic rings. The number of aryl methyl sites for hydroxylation is 1. The maximum Gasteiger partial charge on any atom is 0.420 e. The summed E-state index contributed by atoms with van der Waals surface area (Å²) in [5.41, 5.74) is -2.32. The SMILES string of the molecule is CCOc1ccc(CCC(F)(F)Oc2c(Cl)cc(OC=C(F)F)cc2C(F)(F)F)c(F)c1F. The summed E-state index contributed by atoms with van der Waals surface area (Å²) in [6.07, 6.45) is -14.3. The Bertz CT molecular complexity index is 1020. The van der Waals surface area contributed by atoms with Gasteiger partial charge in [-0.2, -0.15) is 35.1 Å². The first-order valence-electron chi connectivity index (χ1n) is 9.00. The molecule has 0 radical (unpaired) electrons. The van der Waals surface area contributed by atoms with Crippen molar-refractivity contribution >= 4 is 11.6 Å². The van der Waals surface area contributed by atoms with Gasteiger partial charge >= 0.3 is 18.4 Å². The van der Waals surface area contributed by atoms with Crippen LogP contribution in [0.1, 0.15) is 24.5 Å². The van der Waals surface area contributed by atoms with Gasteiger partial charge in [0.15, 0.2) is 23.6 Å². The molecular weight excluding hydrogens is 495 g/mol. The van der Waals surface area contributed by atoms with Gasteiger partial charge < -0.3 is 14.2 Å². The monoisotopic (exact) mass is 508 g/mol. The summed E-state index contributed by atoms with van der Waals surface area (Å²) in [5.74, 6) is -5.61. The molecule has 0 atom stereocenters. The van der Waals surface area contributed by atoms with Crippen molar-refractivity contribution in [3.05, 3.63) is 64.4 Å². The van der Waals surface area contributed by atoms with Crippen molar-refractivity contribution in [2.75, 3.05) is 6.61 Å². The lowest BCUT2D eigenvalue weighted by Gasteiger charge is -2.22. The number of alkyl halides is 5. The van der Waals surface area contributed by atoms with E-state index in [9.17, 15) is 39.5 Å². The molecule has 3 nitrogen and oxygen atoms in total. The average Bonchev–Trinajstić information content (AvgIpc) is 2.70. The van der Waals surface area contributed by atoms with Crippen molar-refractivity contribution in [1.82, 2.24) is 0 Å². The van der Waals surface area contributed by atoms with Crippen LogP contribution in [-0.4, -0.2) is 12.7 Å². The Morgan fingerprint density at radius 1 is 1.03 bits per heavy atom. The molecule has 182 valence electrons. The zero-order valence-electron chi connectivity index (χ0n) is 16.5. The van der Waals surface area contributed by atoms with Crippen molar-refractivity contribution in [3.63, 3.8) is 0 Å². The van der Waals surface area contributed by atoms with E-state index in [1.807, 2.05) is 0 Å². The lowest BCUT2D eigenvalue weighted by atomic mass is 10.1. The molecule has 0 spiro atoms. The summed E-state index contributed by atoms with van der Waals surface area (Å²) in [6, 6.07) is 2.70. The third-order valence-electron chi connectivity index (χ3n) is 3.97. The highest BCUT2D eigenvalue weighted by molar-refractivity contribution is 6.32. The average molecular weight is 509 g/mol. The van der Waals surface area contributed by atoms with Gasteiger partial charge in [0.05, 0.1) is 18.1 Å². The van der Waals surface area contributed by atoms with Crippen LogP contribution in [0.3, 0.4) is 0 Å². The van der Waals surface area contributed by atoms with Crippen LogP contribution >= 0.6 is 11.6 Å². The van der Waals surface area contributed by atoms with Crippen molar-refractivity contribution in [1.29, 1.82) is 0 Å². The molecular formula is C20H14ClF9O3. The standard InChI is InChI=1S/C20H14ClF9O3/c1-2-31-14-4-3-10(16(24)17(14)25)5-6-19(26,27)33-18-12(20(28,29)30)7-11(8-13(18)21)32-9-15(22)23/h3-4,7-9H,2,5-6H2,1H3. The Balaban J connectivity index is 2.28. The molecule has 2 aromatic carbocycles. The van der Waals surface area contributed by atoms with Gasteiger partial charge in [-0.05, 0) is 31.0 Å². The number of ether oxygens (including phenoxy) is 3. The normalized spacial score (nSPS) is 11.8. The van der Waals surface area contributed by atoms with Crippen molar-refractivity contribution in [2.24, 2.45) is 0 Å². The molecule has 33 heavy (non-hydrogen) atoms. The maximum absolute atomic E-state index is 14.3. The Kier molecular flexibility index (Phi) is 8.39. The van der Waals surface area contributed by atoms with Gasteiger partial charge in [0, 0.05) is 6.07 Å². The van der Waals surface area contributed by atoms with Gasteiger partial charge in [-0.1, -0.05) is 17.7 Å². The molecule has 0 amide bonds. The quantitative estimate of drug-likeness (QED) is 0.256. The lowest BCUT2D eigenvalue weighted by molar-refractivity contribution is -0.186. The number of hydrogen-bond acceptors (Lipinski definition) is 3. The van der Waals surface area contributed by atoms with Gasteiger partial charge in [-0.3, -0.25) is 0 Å². The van der Waals surface area contributed by atoms with Crippen LogP contribution in [-0.2, 0) is 12.6 Å². The Morgan fingerprint density at radius 3 is 2.27 bits per heavy atom. The minimum Gasteiger partial charge on any atom is -0.491 e. The third-order valence-corrected chi connectivity index (χ3v) is 4.25. The predicted octanol–water partition coefficient (Wildman–Crippen LogP) is 7.76. The van der Waals surface area contributed by atoms with E-state index in [0.29, 0.717) is 6.07 Å². The second-order valence-electron chi connectivity index (χ2n) is 6.33. The molecule has 13 heteroatoms. The second kappa shape index (κ2) is 10.4. The van der Waals surface area contributed by atoms with Crippen LogP contribution < -0.4 is 14.2 Å². The number of benzene rings is 2. The fourth-order valence-corrected chi connectivity index (χ4v) is 2.82. The third kappa shape index (κ3) is 7.11. The molecule has 0 aliphatic heterocycles. The number of hydrogen-bond donors (Lipinski definition) is 0. The van der Waals surface area contributed by atoms with Crippen LogP contribution in [0.15, 0.2) is 36.6 Å². The first-order chi connectivity index (χ1) is 15.2. The van der Waals surface area contributed by atoms with Crippen molar-refractivity contribution in [3.8, 4) is 17.2 Å². The first-order valence-corrected chi connectivity index (χ1v) is 9.38. The van der Waals surface area contributed by atoms with E-state index >= 15 is 0 Å². The van der Waals surface area contributed by atoms with E-state index < -0.39 is 76.2 Å². The lowest BCUT2D eigenvalue weighted by Crippen LogP contribution is -2.27. The maximum atomic E-state index is 14.3. The topological polar surface area (TPSA) is 27.7 Å². The highest BCUT2D eigenvalue weighted by Crippen LogP contribution is 2.45. The highest BCUT2D eigenvalue weighted by Gasteiger charge is 2.41. The fraction of sp³-hybridized carbons (Fsp3) is 0.300. The summed E-state index contributed by atoms with van der Waals surface area (Å²) in [4.78, 5) is 0. The molecule has 0 aliphatic carbocycles. The van der Waals surface area contributed by atoms with Gasteiger partial charge in [-0.15, -0.1) is 0 Å². The van der Waals surface area contributed by atoms with E-state index in [1.54, 1.807) is 0 Å². The molecule has 0 heterocycles. The second-order valence-corrected chi connectivity index (χ2v) is 6.74. The van der Waals surface area contributed by atoms with Crippen LogP contribution in [0.25, 0.3) is 0 Å². The minimum absolute atomic E-state index is 0.0206. The van der Waals surface area contributed by atoms with Gasteiger partial charge in [0.1, 0.15) is 11.3 Å². The van der Waals surface area contributed by atoms with Crippen LogP contribution in [0.2, 0.25) is 5.02 Å². The molecule has 0 N–H and O–H groups in total. The van der Waals surface area contributed by atoms with Gasteiger partial charge in [-0.25, -0.2) is 4.39 Å². The smallest absolute Gasteiger partial charge is 0.420 e. The summed E-state index contributed by atoms with van der Waals surface area (Å²) in [6.45, 7) is 1.53. The van der Waals surface area contributed by atoms with E-state index in [0.717, 1.165) is 12.1 Å². The Labute approximate surface area is 186 Å². The Morgan fingerprint density at radius 2 is 1.70 bits per heavy atom. The molecule has 0 aromatic heterocycles. The zero-order valence-corrected chi connectivity index (χ0v) is 17.3. The molecule has 0 saturated carbocycles. The molecule has 0 saturated heterocycles. The van der Waals surface area contributed by atoms with E-state index in [2.05, 4.69) is 9.47 Å². The van der Waals surface area contributed by atoms with Crippen LogP contribution in [0.4, 0.5) is 39.5 Å². The predicted molar refractivity (Wildman–Crippen MR) is 98.8 cm³/mol. The summed E-state index contributed by atoms with van der Waals surface area (Å²) in [5, 5.41) is -1.01. The number of rotatable bonds is 9. The summed E-state index contributed by atoms with van der Waals surface area (Å²) in [7, 11) is 0. The van der Waals surface area contributed by atoms with Crippen LogP contribution in [0.5, 0.6) is 17.2 Å². The highest BCUT2D eigenvalue weighted by atomic mass is 35.5. The summed E-state index contributed by atoms with van der Waals surface area (Å²) >= 11 is 5.60. The minimum atomic E-state index is -5.28. The van der Waals surface area contributed by atoms with Gasteiger partial charge in [0.2, 0.25) is 5.82 Å². The molecule has 0 bridgehead atoms. The van der Waals surface area contributed by atoms with Crippen molar-refractivity contribution in [2.45, 2.75) is 32.1 Å².